The number of urea groups is 1. The zero-order chi connectivity index (χ0) is 13.1. The minimum atomic E-state index is -0.707. The Balaban J connectivity index is 2.78. The molecule has 1 heterocycles. The van der Waals surface area contributed by atoms with Gasteiger partial charge in [-0.15, -0.1) is 0 Å². The maximum absolute atomic E-state index is 10.4. The van der Waals surface area contributed by atoms with Crippen molar-refractivity contribution >= 4 is 12.2 Å². The number of nitrogens with two attached hydrogens (primary N) is 1. The van der Waals surface area contributed by atoms with E-state index in [0.717, 1.165) is 6.42 Å². The highest BCUT2D eigenvalue weighted by atomic mass is 16.6. The van der Waals surface area contributed by atoms with Crippen molar-refractivity contribution in [3.8, 4) is 0 Å². The van der Waals surface area contributed by atoms with Crippen LogP contribution in [0.5, 0.6) is 0 Å². The molecule has 0 aromatic heterocycles. The zero-order valence-corrected chi connectivity index (χ0v) is 10.6. The Hall–Kier alpha value is -1.56. The minimum Gasteiger partial charge on any atom is -0.489 e. The molecule has 0 aliphatic carbocycles. The van der Waals surface area contributed by atoms with E-state index in [9.17, 15) is 4.79 Å². The maximum atomic E-state index is 10.4. The molecule has 1 fully saturated rings. The van der Waals surface area contributed by atoms with Crippen LogP contribution in [-0.2, 0) is 9.47 Å². The summed E-state index contributed by atoms with van der Waals surface area (Å²) in [6.45, 7) is 5.93. The molecule has 0 aromatic carbocycles. The van der Waals surface area contributed by atoms with E-state index in [4.69, 9.17) is 15.2 Å². The lowest BCUT2D eigenvalue weighted by atomic mass is 9.93. The van der Waals surface area contributed by atoms with E-state index >= 15 is 0 Å². The number of hydrogen-bond donors (Lipinski definition) is 2. The minimum absolute atomic E-state index is 0.276. The molecule has 1 rings (SSSR count). The third-order valence-electron chi connectivity index (χ3n) is 2.60. The summed E-state index contributed by atoms with van der Waals surface area (Å²) in [6, 6.07) is -0.707. The van der Waals surface area contributed by atoms with Gasteiger partial charge >= 0.3 is 6.03 Å². The predicted molar refractivity (Wildman–Crippen MR) is 64.5 cm³/mol. The van der Waals surface area contributed by atoms with Gasteiger partial charge < -0.3 is 15.2 Å². The fourth-order valence-electron chi connectivity index (χ4n) is 1.93. The number of ether oxygens (including phenoxy) is 2. The summed E-state index contributed by atoms with van der Waals surface area (Å²) in [5.74, 6) is 0.681. The second-order valence-electron chi connectivity index (χ2n) is 4.76. The molecule has 96 valence electrons. The van der Waals surface area contributed by atoms with Gasteiger partial charge in [-0.3, -0.25) is 0 Å². The number of primary amides is 1. The van der Waals surface area contributed by atoms with Crippen LogP contribution in [0.3, 0.4) is 0 Å². The topological polar surface area (TPSA) is 85.9 Å². The van der Waals surface area contributed by atoms with Gasteiger partial charge in [0.1, 0.15) is 17.0 Å². The van der Waals surface area contributed by atoms with Crippen molar-refractivity contribution in [3.63, 3.8) is 0 Å². The molecular weight excluding hydrogens is 222 g/mol. The van der Waals surface area contributed by atoms with Crippen LogP contribution in [0.4, 0.5) is 4.79 Å². The van der Waals surface area contributed by atoms with Gasteiger partial charge in [-0.1, -0.05) is 0 Å². The smallest absolute Gasteiger partial charge is 0.332 e. The Kier molecular flexibility index (Phi) is 3.77. The summed E-state index contributed by atoms with van der Waals surface area (Å²) in [5, 5.41) is 3.62. The molecule has 2 amide bonds. The van der Waals surface area contributed by atoms with Gasteiger partial charge in [-0.25, -0.2) is 10.2 Å². The highest BCUT2D eigenvalue weighted by molar-refractivity contribution is 5.76. The number of carbonyl (C=O) groups is 1. The van der Waals surface area contributed by atoms with Gasteiger partial charge in [0, 0.05) is 13.5 Å². The number of nitrogens with one attached hydrogen (secondary N) is 1. The first-order chi connectivity index (χ1) is 7.79. The molecule has 1 atom stereocenters. The molecule has 6 heteroatoms. The normalized spacial score (nSPS) is 29.5. The lowest BCUT2D eigenvalue weighted by Gasteiger charge is -2.20. The van der Waals surface area contributed by atoms with Crippen molar-refractivity contribution in [2.75, 3.05) is 7.11 Å². The maximum Gasteiger partial charge on any atom is 0.332 e. The number of rotatable bonds is 3. The first-order valence-corrected chi connectivity index (χ1v) is 5.32. The SMILES string of the molecule is COC1(C)CC(C)(C)O/C1=C\C=N\NC(N)=O. The Morgan fingerprint density at radius 3 is 2.76 bits per heavy atom. The van der Waals surface area contributed by atoms with E-state index in [1.165, 1.54) is 6.21 Å². The monoisotopic (exact) mass is 241 g/mol. The second-order valence-corrected chi connectivity index (χ2v) is 4.76. The number of nitrogens with zero attached hydrogens (tertiary/aromatic N) is 1. The standard InChI is InChI=1S/C11H19N3O3/c1-10(2)7-11(3,16-4)8(17-10)5-6-13-14-9(12)15/h5-6H,7H2,1-4H3,(H3,12,14,15)/b8-5-,13-6+. The summed E-state index contributed by atoms with van der Waals surface area (Å²) in [7, 11) is 1.64. The number of hydrazone groups is 1. The number of amides is 2. The molecule has 1 unspecified atom stereocenters. The van der Waals surface area contributed by atoms with E-state index in [2.05, 4.69) is 10.5 Å². The van der Waals surface area contributed by atoms with E-state index in [1.54, 1.807) is 13.2 Å². The summed E-state index contributed by atoms with van der Waals surface area (Å²) in [4.78, 5) is 10.4. The van der Waals surface area contributed by atoms with Crippen molar-refractivity contribution in [2.45, 2.75) is 38.4 Å². The van der Waals surface area contributed by atoms with Crippen LogP contribution in [0, 0.1) is 0 Å². The largest absolute Gasteiger partial charge is 0.489 e. The van der Waals surface area contributed by atoms with Crippen LogP contribution >= 0.6 is 0 Å². The summed E-state index contributed by atoms with van der Waals surface area (Å²) in [5.41, 5.74) is 6.23. The van der Waals surface area contributed by atoms with Crippen molar-refractivity contribution < 1.29 is 14.3 Å². The van der Waals surface area contributed by atoms with E-state index in [-0.39, 0.29) is 5.60 Å². The summed E-state index contributed by atoms with van der Waals surface area (Å²) in [6.07, 6.45) is 3.83. The van der Waals surface area contributed by atoms with Gasteiger partial charge in [0.05, 0.1) is 6.21 Å². The lowest BCUT2D eigenvalue weighted by Crippen LogP contribution is -2.28. The molecule has 17 heavy (non-hydrogen) atoms. The van der Waals surface area contributed by atoms with Crippen LogP contribution in [-0.4, -0.2) is 30.6 Å². The van der Waals surface area contributed by atoms with E-state index in [0.29, 0.717) is 5.76 Å². The molecular formula is C11H19N3O3. The zero-order valence-electron chi connectivity index (χ0n) is 10.6. The van der Waals surface area contributed by atoms with Gasteiger partial charge in [-0.05, 0) is 26.8 Å². The molecule has 0 bridgehead atoms. The predicted octanol–water partition coefficient (Wildman–Crippen LogP) is 1.13. The number of hydrogen-bond acceptors (Lipinski definition) is 4. The molecule has 1 aliphatic rings. The second kappa shape index (κ2) is 4.75. The van der Waals surface area contributed by atoms with E-state index < -0.39 is 11.6 Å². The summed E-state index contributed by atoms with van der Waals surface area (Å²) < 4.78 is 11.2. The van der Waals surface area contributed by atoms with Gasteiger partial charge in [0.25, 0.3) is 0 Å². The fourth-order valence-corrected chi connectivity index (χ4v) is 1.93. The molecule has 3 N–H and O–H groups in total. The lowest BCUT2D eigenvalue weighted by molar-refractivity contribution is 0.0354. The number of allylic oxidation sites excluding steroid dienone is 1. The molecule has 0 saturated carbocycles. The molecule has 1 saturated heterocycles. The quantitative estimate of drug-likeness (QED) is 0.573. The Labute approximate surface area is 101 Å². The van der Waals surface area contributed by atoms with Crippen molar-refractivity contribution in [3.05, 3.63) is 11.8 Å². The third kappa shape index (κ3) is 3.45. The highest BCUT2D eigenvalue weighted by Gasteiger charge is 2.46. The van der Waals surface area contributed by atoms with Crippen molar-refractivity contribution in [1.29, 1.82) is 0 Å². The molecule has 0 spiro atoms. The molecule has 0 radical (unpaired) electrons. The number of methoxy groups -OCH3 is 1. The van der Waals surface area contributed by atoms with Crippen molar-refractivity contribution in [1.82, 2.24) is 5.43 Å². The Morgan fingerprint density at radius 2 is 2.24 bits per heavy atom. The Bertz CT molecular complexity index is 363. The fraction of sp³-hybridized carbons (Fsp3) is 0.636. The average Bonchev–Trinajstić information content (AvgIpc) is 2.44. The average molecular weight is 241 g/mol. The molecule has 6 nitrogen and oxygen atoms in total. The van der Waals surface area contributed by atoms with E-state index in [1.807, 2.05) is 20.8 Å². The first-order valence-electron chi connectivity index (χ1n) is 5.32. The first kappa shape index (κ1) is 13.5. The van der Waals surface area contributed by atoms with Crippen LogP contribution in [0.15, 0.2) is 16.9 Å². The van der Waals surface area contributed by atoms with Crippen LogP contribution in [0.25, 0.3) is 0 Å². The van der Waals surface area contributed by atoms with Crippen LogP contribution in [0.2, 0.25) is 0 Å². The third-order valence-corrected chi connectivity index (χ3v) is 2.60. The number of carbonyl (C=O) groups excluding carboxylic acids is 1. The highest BCUT2D eigenvalue weighted by Crippen LogP contribution is 2.42. The van der Waals surface area contributed by atoms with Gasteiger partial charge in [0.2, 0.25) is 0 Å². The van der Waals surface area contributed by atoms with Gasteiger partial charge in [0.15, 0.2) is 0 Å². The summed E-state index contributed by atoms with van der Waals surface area (Å²) >= 11 is 0. The Morgan fingerprint density at radius 1 is 1.59 bits per heavy atom. The van der Waals surface area contributed by atoms with Gasteiger partial charge in [-0.2, -0.15) is 5.10 Å². The van der Waals surface area contributed by atoms with Crippen molar-refractivity contribution in [2.24, 2.45) is 10.8 Å². The molecule has 0 aromatic rings. The molecule has 1 aliphatic heterocycles. The van der Waals surface area contributed by atoms with Crippen LogP contribution < -0.4 is 11.2 Å². The van der Waals surface area contributed by atoms with Crippen LogP contribution in [0.1, 0.15) is 27.2 Å².